The molecule has 0 spiro atoms. The largest absolute Gasteiger partial charge is 0.490 e. The molecule has 0 aliphatic carbocycles. The molecule has 0 unspecified atom stereocenters. The van der Waals surface area contributed by atoms with Gasteiger partial charge in [-0.25, -0.2) is 14.6 Å². The lowest BCUT2D eigenvalue weighted by atomic mass is 10.1. The van der Waals surface area contributed by atoms with Gasteiger partial charge in [-0.3, -0.25) is 4.79 Å². The van der Waals surface area contributed by atoms with Crippen molar-refractivity contribution in [1.29, 1.82) is 0 Å². The summed E-state index contributed by atoms with van der Waals surface area (Å²) in [5, 5.41) is 14.2. The Balaban J connectivity index is 0.000000362. The highest BCUT2D eigenvalue weighted by molar-refractivity contribution is 6.00. The van der Waals surface area contributed by atoms with E-state index in [0.29, 0.717) is 0 Å². The van der Waals surface area contributed by atoms with Crippen molar-refractivity contribution < 1.29 is 50.9 Å². The Morgan fingerprint density at radius 1 is 0.857 bits per heavy atom. The number of piperazine rings is 1. The third-order valence-corrected chi connectivity index (χ3v) is 4.50. The van der Waals surface area contributed by atoms with Crippen molar-refractivity contribution in [3.05, 3.63) is 42.2 Å². The van der Waals surface area contributed by atoms with Crippen LogP contribution in [0.3, 0.4) is 0 Å². The molecule has 2 aromatic rings. The monoisotopic (exact) mass is 512 g/mol. The summed E-state index contributed by atoms with van der Waals surface area (Å²) >= 11 is 0. The van der Waals surface area contributed by atoms with E-state index in [9.17, 15) is 31.1 Å². The summed E-state index contributed by atoms with van der Waals surface area (Å²) in [6.07, 6.45) is -6.51. The second kappa shape index (κ2) is 12.2. The normalized spacial score (nSPS) is 14.2. The van der Waals surface area contributed by atoms with Gasteiger partial charge in [0.15, 0.2) is 0 Å². The number of alkyl halides is 6. The van der Waals surface area contributed by atoms with Crippen molar-refractivity contribution in [2.45, 2.75) is 12.4 Å². The molecule has 1 aliphatic rings. The maximum Gasteiger partial charge on any atom is 0.490 e. The first-order valence-corrected chi connectivity index (χ1v) is 9.70. The number of carboxylic acid groups (broad SMARTS) is 2. The van der Waals surface area contributed by atoms with Gasteiger partial charge in [-0.05, 0) is 13.1 Å². The van der Waals surface area contributed by atoms with E-state index in [1.807, 2.05) is 47.0 Å². The number of nitrogens with zero attached hydrogens (tertiary/aromatic N) is 4. The van der Waals surface area contributed by atoms with Gasteiger partial charge in [0, 0.05) is 51.2 Å². The number of hydrogen-bond donors (Lipinski definition) is 2. The Labute approximate surface area is 195 Å². The van der Waals surface area contributed by atoms with Crippen LogP contribution >= 0.6 is 0 Å². The number of amides is 1. The average molecular weight is 512 g/mol. The molecule has 194 valence electrons. The topological polar surface area (TPSA) is 116 Å². The molecule has 1 aromatic heterocycles. The summed E-state index contributed by atoms with van der Waals surface area (Å²) in [6, 6.07) is 7.72. The van der Waals surface area contributed by atoms with E-state index >= 15 is 0 Å². The highest BCUT2D eigenvalue weighted by Crippen LogP contribution is 2.23. The molecule has 3 rings (SSSR count). The molecule has 35 heavy (non-hydrogen) atoms. The minimum Gasteiger partial charge on any atom is -0.475 e. The number of benzene rings is 1. The molecular weight excluding hydrogens is 490 g/mol. The van der Waals surface area contributed by atoms with Crippen LogP contribution in [0.2, 0.25) is 0 Å². The summed E-state index contributed by atoms with van der Waals surface area (Å²) < 4.78 is 65.4. The van der Waals surface area contributed by atoms with Crippen LogP contribution in [0.1, 0.15) is 10.4 Å². The molecule has 1 aromatic carbocycles. The van der Waals surface area contributed by atoms with E-state index in [2.05, 4.69) is 16.9 Å². The molecule has 0 saturated carbocycles. The van der Waals surface area contributed by atoms with Gasteiger partial charge in [0.1, 0.15) is 5.82 Å². The molecule has 2 N–H and O–H groups in total. The van der Waals surface area contributed by atoms with Gasteiger partial charge in [0.2, 0.25) is 0 Å². The van der Waals surface area contributed by atoms with Crippen molar-refractivity contribution in [1.82, 2.24) is 19.4 Å². The van der Waals surface area contributed by atoms with Crippen LogP contribution in [0.4, 0.5) is 26.3 Å². The lowest BCUT2D eigenvalue weighted by Crippen LogP contribution is -2.47. The van der Waals surface area contributed by atoms with Crippen LogP contribution in [0.15, 0.2) is 36.7 Å². The lowest BCUT2D eigenvalue weighted by molar-refractivity contribution is -0.193. The smallest absolute Gasteiger partial charge is 0.475 e. The Bertz CT molecular complexity index is 990. The van der Waals surface area contributed by atoms with Gasteiger partial charge in [0.05, 0.1) is 5.56 Å². The predicted octanol–water partition coefficient (Wildman–Crippen LogP) is 2.74. The van der Waals surface area contributed by atoms with Gasteiger partial charge >= 0.3 is 24.3 Å². The third kappa shape index (κ3) is 9.27. The van der Waals surface area contributed by atoms with E-state index in [4.69, 9.17) is 19.8 Å². The number of rotatable bonds is 2. The highest BCUT2D eigenvalue weighted by Gasteiger charge is 2.38. The lowest BCUT2D eigenvalue weighted by Gasteiger charge is -2.32. The summed E-state index contributed by atoms with van der Waals surface area (Å²) in [5.41, 5.74) is 1.63. The zero-order chi connectivity index (χ0) is 27.0. The van der Waals surface area contributed by atoms with Gasteiger partial charge in [-0.1, -0.05) is 18.2 Å². The zero-order valence-corrected chi connectivity index (χ0v) is 18.5. The molecule has 1 fully saturated rings. The highest BCUT2D eigenvalue weighted by atomic mass is 19.4. The van der Waals surface area contributed by atoms with E-state index < -0.39 is 24.3 Å². The number of imidazole rings is 1. The molecule has 1 aliphatic heterocycles. The molecule has 2 heterocycles. The molecule has 0 radical (unpaired) electrons. The first kappa shape index (κ1) is 29.4. The Morgan fingerprint density at radius 3 is 1.71 bits per heavy atom. The second-order valence-corrected chi connectivity index (χ2v) is 7.11. The fourth-order valence-corrected chi connectivity index (χ4v) is 2.67. The molecular formula is C20H22F6N4O5. The fourth-order valence-electron chi connectivity index (χ4n) is 2.67. The second-order valence-electron chi connectivity index (χ2n) is 7.11. The molecule has 0 atom stereocenters. The average Bonchev–Trinajstić information content (AvgIpc) is 3.19. The summed E-state index contributed by atoms with van der Waals surface area (Å²) in [4.78, 5) is 39.1. The van der Waals surface area contributed by atoms with Gasteiger partial charge in [-0.2, -0.15) is 26.3 Å². The summed E-state index contributed by atoms with van der Waals surface area (Å²) in [5.74, 6) is -4.59. The minimum absolute atomic E-state index is 0.0988. The van der Waals surface area contributed by atoms with Crippen molar-refractivity contribution in [3.8, 4) is 11.4 Å². The van der Waals surface area contributed by atoms with E-state index in [1.54, 1.807) is 6.20 Å². The maximum absolute atomic E-state index is 12.8. The molecule has 1 amide bonds. The van der Waals surface area contributed by atoms with Crippen LogP contribution in [-0.2, 0) is 16.6 Å². The Kier molecular flexibility index (Phi) is 10.2. The third-order valence-electron chi connectivity index (χ3n) is 4.50. The number of aryl methyl sites for hydroxylation is 1. The van der Waals surface area contributed by atoms with Gasteiger partial charge < -0.3 is 24.6 Å². The van der Waals surface area contributed by atoms with Crippen LogP contribution in [0.25, 0.3) is 11.4 Å². The van der Waals surface area contributed by atoms with Crippen LogP contribution in [0, 0.1) is 0 Å². The number of likely N-dealkylation sites (N-methyl/N-ethyl adjacent to an activating group) is 1. The number of carboxylic acids is 2. The summed E-state index contributed by atoms with van der Waals surface area (Å²) in [7, 11) is 4.03. The van der Waals surface area contributed by atoms with Crippen molar-refractivity contribution in [2.24, 2.45) is 7.05 Å². The van der Waals surface area contributed by atoms with E-state index in [0.717, 1.165) is 43.1 Å². The van der Waals surface area contributed by atoms with Crippen molar-refractivity contribution in [2.75, 3.05) is 33.2 Å². The maximum atomic E-state index is 12.8. The quantitative estimate of drug-likeness (QED) is 0.595. The summed E-state index contributed by atoms with van der Waals surface area (Å²) in [6.45, 7) is 3.42. The molecule has 0 bridgehead atoms. The molecule has 9 nitrogen and oxygen atoms in total. The van der Waals surface area contributed by atoms with Crippen LogP contribution < -0.4 is 0 Å². The number of aromatic nitrogens is 2. The Hall–Kier alpha value is -3.62. The molecule has 1 saturated heterocycles. The van der Waals surface area contributed by atoms with E-state index in [-0.39, 0.29) is 5.91 Å². The number of halogens is 6. The van der Waals surface area contributed by atoms with Gasteiger partial charge in [-0.15, -0.1) is 0 Å². The SMILES string of the molecule is CN1CCN(C(=O)c2ccccc2-c2nccn2C)CC1.O=C(O)C(F)(F)F.O=C(O)C(F)(F)F. The standard InChI is InChI=1S/C16H20N4O.2C2HF3O2/c1-18-9-11-20(12-10-18)16(21)14-6-4-3-5-13(14)15-17-7-8-19(15)2;2*3-2(4,5)1(6)7/h3-8H,9-12H2,1-2H3;2*(H,6,7). The van der Waals surface area contributed by atoms with Crippen molar-refractivity contribution >= 4 is 17.8 Å². The van der Waals surface area contributed by atoms with Crippen molar-refractivity contribution in [3.63, 3.8) is 0 Å². The van der Waals surface area contributed by atoms with Gasteiger partial charge in [0.25, 0.3) is 5.91 Å². The van der Waals surface area contributed by atoms with Crippen LogP contribution in [0.5, 0.6) is 0 Å². The zero-order valence-electron chi connectivity index (χ0n) is 18.5. The number of carbonyl (C=O) groups is 3. The molecule has 15 heteroatoms. The Morgan fingerprint density at radius 2 is 1.31 bits per heavy atom. The van der Waals surface area contributed by atoms with Crippen LogP contribution in [-0.4, -0.2) is 93.0 Å². The first-order chi connectivity index (χ1) is 16.1. The number of hydrogen-bond acceptors (Lipinski definition) is 5. The van der Waals surface area contributed by atoms with E-state index in [1.165, 1.54) is 0 Å². The minimum atomic E-state index is -5.08. The predicted molar refractivity (Wildman–Crippen MR) is 109 cm³/mol. The number of carbonyl (C=O) groups excluding carboxylic acids is 1. The first-order valence-electron chi connectivity index (χ1n) is 9.70. The fraction of sp³-hybridized carbons (Fsp3) is 0.400. The number of aliphatic carboxylic acids is 2.